The van der Waals surface area contributed by atoms with Crippen molar-refractivity contribution in [2.75, 3.05) is 19.8 Å². The fourth-order valence-electron chi connectivity index (χ4n) is 2.14. The van der Waals surface area contributed by atoms with E-state index in [1.165, 1.54) is 0 Å². The number of nitrogens with zero attached hydrogens (tertiary/aromatic N) is 1. The third-order valence-electron chi connectivity index (χ3n) is 3.14. The monoisotopic (exact) mass is 343 g/mol. The molecule has 1 unspecified atom stereocenters. The Morgan fingerprint density at radius 1 is 1.38 bits per heavy atom. The van der Waals surface area contributed by atoms with Gasteiger partial charge in [-0.1, -0.05) is 11.6 Å². The van der Waals surface area contributed by atoms with E-state index >= 15 is 0 Å². The van der Waals surface area contributed by atoms with Crippen molar-refractivity contribution in [3.05, 3.63) is 28.8 Å². The van der Waals surface area contributed by atoms with Gasteiger partial charge in [-0.25, -0.2) is 8.42 Å². The number of benzene rings is 1. The maximum atomic E-state index is 13.1. The highest BCUT2D eigenvalue weighted by molar-refractivity contribution is 7.89. The average Bonchev–Trinajstić information content (AvgIpc) is 2.37. The summed E-state index contributed by atoms with van der Waals surface area (Å²) in [6.07, 6.45) is -4.80. The smallest absolute Gasteiger partial charge is 0.378 e. The molecule has 0 saturated carbocycles. The fourth-order valence-corrected chi connectivity index (χ4v) is 4.11. The van der Waals surface area contributed by atoms with Crippen LogP contribution in [-0.4, -0.2) is 38.5 Å². The first kappa shape index (κ1) is 16.5. The summed E-state index contributed by atoms with van der Waals surface area (Å²) in [6.45, 7) is 1.90. The molecule has 9 heteroatoms. The van der Waals surface area contributed by atoms with Gasteiger partial charge in [-0.05, 0) is 25.1 Å². The zero-order chi connectivity index (χ0) is 15.8. The maximum absolute atomic E-state index is 13.1. The zero-order valence-corrected chi connectivity index (χ0v) is 12.6. The minimum atomic E-state index is -4.80. The first-order valence-electron chi connectivity index (χ1n) is 6.10. The van der Waals surface area contributed by atoms with E-state index in [0.29, 0.717) is 6.07 Å². The number of hydrogen-bond donors (Lipinski definition) is 0. The van der Waals surface area contributed by atoms with E-state index in [-0.39, 0.29) is 24.8 Å². The van der Waals surface area contributed by atoms with Crippen LogP contribution in [0.1, 0.15) is 12.5 Å². The molecule has 0 N–H and O–H groups in total. The molecule has 0 amide bonds. The van der Waals surface area contributed by atoms with E-state index in [2.05, 4.69) is 0 Å². The number of halogens is 4. The number of ether oxygens (including phenoxy) is 1. The van der Waals surface area contributed by atoms with Crippen molar-refractivity contribution in [2.24, 2.45) is 0 Å². The molecule has 21 heavy (non-hydrogen) atoms. The van der Waals surface area contributed by atoms with Crippen LogP contribution < -0.4 is 0 Å². The summed E-state index contributed by atoms with van der Waals surface area (Å²) in [7, 11) is -4.27. The largest absolute Gasteiger partial charge is 0.417 e. The van der Waals surface area contributed by atoms with Gasteiger partial charge in [0.05, 0.1) is 23.7 Å². The summed E-state index contributed by atoms with van der Waals surface area (Å²) < 4.78 is 70.3. The van der Waals surface area contributed by atoms with Gasteiger partial charge in [-0.3, -0.25) is 0 Å². The predicted molar refractivity (Wildman–Crippen MR) is 70.6 cm³/mol. The van der Waals surface area contributed by atoms with E-state index in [1.807, 2.05) is 0 Å². The molecule has 1 saturated heterocycles. The Bertz CT molecular complexity index is 633. The lowest BCUT2D eigenvalue weighted by Crippen LogP contribution is -2.47. The second-order valence-electron chi connectivity index (χ2n) is 4.68. The van der Waals surface area contributed by atoms with E-state index in [4.69, 9.17) is 16.3 Å². The second-order valence-corrected chi connectivity index (χ2v) is 6.97. The lowest BCUT2D eigenvalue weighted by Gasteiger charge is -2.32. The number of morpholine rings is 1. The van der Waals surface area contributed by atoms with E-state index in [9.17, 15) is 21.6 Å². The molecule has 1 fully saturated rings. The summed E-state index contributed by atoms with van der Waals surface area (Å²) in [6, 6.07) is 2.12. The maximum Gasteiger partial charge on any atom is 0.417 e. The first-order chi connectivity index (χ1) is 9.64. The van der Waals surface area contributed by atoms with E-state index < -0.39 is 32.7 Å². The molecule has 1 aliphatic heterocycles. The molecule has 1 aromatic rings. The average molecular weight is 344 g/mol. The zero-order valence-electron chi connectivity index (χ0n) is 11.0. The van der Waals surface area contributed by atoms with Crippen LogP contribution in [0.25, 0.3) is 0 Å². The van der Waals surface area contributed by atoms with E-state index in [1.54, 1.807) is 6.92 Å². The van der Waals surface area contributed by atoms with Crippen LogP contribution in [0.5, 0.6) is 0 Å². The van der Waals surface area contributed by atoms with Crippen molar-refractivity contribution in [3.8, 4) is 0 Å². The Balaban J connectivity index is 2.54. The van der Waals surface area contributed by atoms with Gasteiger partial charge in [-0.2, -0.15) is 17.5 Å². The minimum Gasteiger partial charge on any atom is -0.378 e. The van der Waals surface area contributed by atoms with Gasteiger partial charge in [0.15, 0.2) is 0 Å². The van der Waals surface area contributed by atoms with Crippen LogP contribution in [0.3, 0.4) is 0 Å². The number of rotatable bonds is 2. The highest BCUT2D eigenvalue weighted by Gasteiger charge is 2.41. The summed E-state index contributed by atoms with van der Waals surface area (Å²) in [5.41, 5.74) is -1.26. The molecule has 1 heterocycles. The molecule has 0 aromatic heterocycles. The molecule has 0 radical (unpaired) electrons. The highest BCUT2D eigenvalue weighted by atomic mass is 35.5. The minimum absolute atomic E-state index is 0.0173. The van der Waals surface area contributed by atoms with Gasteiger partial charge < -0.3 is 4.74 Å². The molecular formula is C12H13ClF3NO3S. The summed E-state index contributed by atoms with van der Waals surface area (Å²) in [5.74, 6) is 0. The highest BCUT2D eigenvalue weighted by Crippen LogP contribution is 2.37. The third-order valence-corrected chi connectivity index (χ3v) is 5.45. The third kappa shape index (κ3) is 3.33. The van der Waals surface area contributed by atoms with Crippen molar-refractivity contribution >= 4 is 21.6 Å². The molecular weight excluding hydrogens is 331 g/mol. The van der Waals surface area contributed by atoms with Gasteiger partial charge in [0.1, 0.15) is 0 Å². The fraction of sp³-hybridized carbons (Fsp3) is 0.500. The van der Waals surface area contributed by atoms with Crippen molar-refractivity contribution in [3.63, 3.8) is 0 Å². The lowest BCUT2D eigenvalue weighted by molar-refractivity contribution is -0.139. The van der Waals surface area contributed by atoms with Crippen LogP contribution in [0.15, 0.2) is 23.1 Å². The Morgan fingerprint density at radius 2 is 2.05 bits per heavy atom. The molecule has 2 rings (SSSR count). The molecule has 1 aliphatic rings. The normalized spacial score (nSPS) is 21.5. The summed E-state index contributed by atoms with van der Waals surface area (Å²) >= 11 is 5.56. The molecule has 1 atom stereocenters. The lowest BCUT2D eigenvalue weighted by atomic mass is 10.2. The second kappa shape index (κ2) is 5.75. The summed E-state index contributed by atoms with van der Waals surface area (Å²) in [4.78, 5) is -0.784. The Morgan fingerprint density at radius 3 is 2.62 bits per heavy atom. The van der Waals surface area contributed by atoms with Gasteiger partial charge >= 0.3 is 6.18 Å². The van der Waals surface area contributed by atoms with Crippen LogP contribution in [0, 0.1) is 0 Å². The van der Waals surface area contributed by atoms with Gasteiger partial charge in [0.2, 0.25) is 10.0 Å². The Hall–Kier alpha value is -0.830. The molecule has 0 spiro atoms. The molecule has 4 nitrogen and oxygen atoms in total. The molecule has 118 valence electrons. The van der Waals surface area contributed by atoms with Gasteiger partial charge in [-0.15, -0.1) is 0 Å². The number of sulfonamides is 1. The summed E-state index contributed by atoms with van der Waals surface area (Å²) in [5, 5.41) is -0.170. The van der Waals surface area contributed by atoms with Gasteiger partial charge in [0.25, 0.3) is 0 Å². The van der Waals surface area contributed by atoms with Crippen molar-refractivity contribution in [1.29, 1.82) is 0 Å². The number of alkyl halides is 3. The molecule has 0 aliphatic carbocycles. The Labute approximate surface area is 125 Å². The predicted octanol–water partition coefficient (Wildman–Crippen LogP) is 2.77. The Kier molecular flexibility index (Phi) is 4.53. The van der Waals surface area contributed by atoms with Crippen molar-refractivity contribution in [1.82, 2.24) is 4.31 Å². The number of hydrogen-bond acceptors (Lipinski definition) is 3. The van der Waals surface area contributed by atoms with Crippen molar-refractivity contribution in [2.45, 2.75) is 24.0 Å². The van der Waals surface area contributed by atoms with Gasteiger partial charge in [0, 0.05) is 17.6 Å². The van der Waals surface area contributed by atoms with Crippen molar-refractivity contribution < 1.29 is 26.3 Å². The standard InChI is InChI=1S/C12H13ClF3NO3S/c1-8-7-20-5-4-17(8)21(18,19)11-3-2-9(13)6-10(11)12(14,15)16/h2-3,6,8H,4-5,7H2,1H3. The SMILES string of the molecule is CC1COCCN1S(=O)(=O)c1ccc(Cl)cc1C(F)(F)F. The van der Waals surface area contributed by atoms with Crippen LogP contribution in [0.2, 0.25) is 5.02 Å². The quantitative estimate of drug-likeness (QED) is 0.829. The molecule has 0 bridgehead atoms. The topological polar surface area (TPSA) is 46.6 Å². The first-order valence-corrected chi connectivity index (χ1v) is 7.92. The molecule has 1 aromatic carbocycles. The van der Waals surface area contributed by atoms with Crippen LogP contribution in [-0.2, 0) is 20.9 Å². The van der Waals surface area contributed by atoms with Crippen LogP contribution >= 0.6 is 11.6 Å². The van der Waals surface area contributed by atoms with E-state index in [0.717, 1.165) is 16.4 Å². The van der Waals surface area contributed by atoms with Crippen LogP contribution in [0.4, 0.5) is 13.2 Å².